The standard InChI is InChI=1S/C8H11S.Sn/c1-5-6(2)8(4)9-7(5)3;/h3H2,1-2,4H3;. The fourth-order valence-electron chi connectivity index (χ4n) is 0.980. The van der Waals surface area contributed by atoms with Gasteiger partial charge in [-0.15, -0.1) is 0 Å². The van der Waals surface area contributed by atoms with Gasteiger partial charge in [0.1, 0.15) is 0 Å². The molecule has 0 fully saturated rings. The van der Waals surface area contributed by atoms with Gasteiger partial charge in [0.05, 0.1) is 0 Å². The molecule has 0 saturated heterocycles. The van der Waals surface area contributed by atoms with Gasteiger partial charge in [0.2, 0.25) is 0 Å². The van der Waals surface area contributed by atoms with Gasteiger partial charge < -0.3 is 0 Å². The Labute approximate surface area is 79.7 Å². The molecule has 1 aromatic rings. The fourth-order valence-corrected chi connectivity index (χ4v) is 3.41. The summed E-state index contributed by atoms with van der Waals surface area (Å²) in [5.74, 6) is 0. The molecule has 0 saturated carbocycles. The van der Waals surface area contributed by atoms with Crippen LogP contribution in [0.3, 0.4) is 0 Å². The van der Waals surface area contributed by atoms with Crippen LogP contribution < -0.4 is 0 Å². The summed E-state index contributed by atoms with van der Waals surface area (Å²) in [6.07, 6.45) is 0. The predicted octanol–water partition coefficient (Wildman–Crippen LogP) is 2.34. The van der Waals surface area contributed by atoms with Crippen molar-refractivity contribution in [1.82, 2.24) is 0 Å². The van der Waals surface area contributed by atoms with Crippen molar-refractivity contribution in [2.24, 2.45) is 0 Å². The third-order valence-corrected chi connectivity index (χ3v) is 5.00. The fraction of sp³-hybridized carbons (Fsp3) is 0.500. The van der Waals surface area contributed by atoms with Crippen molar-refractivity contribution in [3.05, 3.63) is 20.9 Å². The summed E-state index contributed by atoms with van der Waals surface area (Å²) in [6, 6.07) is 0. The summed E-state index contributed by atoms with van der Waals surface area (Å²) < 4.78 is 1.28. The molecule has 0 bridgehead atoms. The quantitative estimate of drug-likeness (QED) is 0.678. The van der Waals surface area contributed by atoms with E-state index in [1.165, 1.54) is 20.4 Å². The molecule has 0 amide bonds. The molecule has 2 heteroatoms. The van der Waals surface area contributed by atoms with Gasteiger partial charge in [-0.25, -0.2) is 0 Å². The molecule has 0 nitrogen and oxygen atoms in total. The van der Waals surface area contributed by atoms with Crippen LogP contribution in [0.25, 0.3) is 0 Å². The molecule has 0 atom stereocenters. The number of hydrogen-bond donors (Lipinski definition) is 0. The topological polar surface area (TPSA) is 0 Å². The van der Waals surface area contributed by atoms with Crippen molar-refractivity contribution in [2.45, 2.75) is 25.2 Å². The number of aryl methyl sites for hydroxylation is 1. The second kappa shape index (κ2) is 3.26. The zero-order chi connectivity index (χ0) is 7.72. The van der Waals surface area contributed by atoms with E-state index < -0.39 is 0 Å². The van der Waals surface area contributed by atoms with Crippen LogP contribution in [0.4, 0.5) is 0 Å². The Balaban J connectivity index is 3.17. The number of hydrogen-bond acceptors (Lipinski definition) is 1. The number of rotatable bonds is 1. The second-order valence-corrected chi connectivity index (χ2v) is 4.83. The zero-order valence-corrected chi connectivity index (χ0v) is 10.3. The molecule has 0 spiro atoms. The van der Waals surface area contributed by atoms with E-state index in [1.54, 1.807) is 27.4 Å². The van der Waals surface area contributed by atoms with Gasteiger partial charge in [-0.05, 0) is 0 Å². The maximum atomic E-state index is 2.23. The molecule has 0 aliphatic rings. The SMILES string of the molecule is Cc1sc([CH2][Sn])c(C)c1C. The monoisotopic (exact) mass is 259 g/mol. The van der Waals surface area contributed by atoms with Crippen molar-refractivity contribution in [2.75, 3.05) is 0 Å². The molecule has 0 aliphatic heterocycles. The Morgan fingerprint density at radius 1 is 1.20 bits per heavy atom. The third kappa shape index (κ3) is 1.40. The Kier molecular flexibility index (Phi) is 2.80. The van der Waals surface area contributed by atoms with Crippen LogP contribution in [0.15, 0.2) is 0 Å². The Morgan fingerprint density at radius 3 is 2.00 bits per heavy atom. The number of thiophene rings is 1. The maximum absolute atomic E-state index is 2.23. The van der Waals surface area contributed by atoms with Crippen molar-refractivity contribution >= 4 is 33.9 Å². The second-order valence-electron chi connectivity index (χ2n) is 2.51. The first-order chi connectivity index (χ1) is 4.66. The predicted molar refractivity (Wildman–Crippen MR) is 48.0 cm³/mol. The van der Waals surface area contributed by atoms with Crippen LogP contribution >= 0.6 is 11.3 Å². The van der Waals surface area contributed by atoms with E-state index in [0.717, 1.165) is 0 Å². The molecule has 0 N–H and O–H groups in total. The summed E-state index contributed by atoms with van der Waals surface area (Å²) in [5, 5.41) is 0. The molecular formula is C8H11SSn. The van der Waals surface area contributed by atoms with Crippen molar-refractivity contribution in [1.29, 1.82) is 0 Å². The molecule has 53 valence electrons. The average Bonchev–Trinajstić information content (AvgIpc) is 2.17. The van der Waals surface area contributed by atoms with Gasteiger partial charge >= 0.3 is 80.0 Å². The molecule has 0 aliphatic carbocycles. The van der Waals surface area contributed by atoms with Crippen molar-refractivity contribution in [3.63, 3.8) is 0 Å². The van der Waals surface area contributed by atoms with Gasteiger partial charge in [0, 0.05) is 0 Å². The minimum absolute atomic E-state index is 1.28. The zero-order valence-electron chi connectivity index (χ0n) is 6.62. The minimum atomic E-state index is 1.28. The summed E-state index contributed by atoms with van der Waals surface area (Å²) >= 11 is 3.59. The van der Waals surface area contributed by atoms with Gasteiger partial charge in [-0.1, -0.05) is 0 Å². The van der Waals surface area contributed by atoms with Gasteiger partial charge in [-0.2, -0.15) is 0 Å². The van der Waals surface area contributed by atoms with E-state index in [0.29, 0.717) is 0 Å². The summed E-state index contributed by atoms with van der Waals surface area (Å²) in [7, 11) is 0. The van der Waals surface area contributed by atoms with Crippen molar-refractivity contribution < 1.29 is 0 Å². The van der Waals surface area contributed by atoms with E-state index >= 15 is 0 Å². The molecule has 3 radical (unpaired) electrons. The van der Waals surface area contributed by atoms with Crippen molar-refractivity contribution in [3.8, 4) is 0 Å². The van der Waals surface area contributed by atoms with Gasteiger partial charge in [0.15, 0.2) is 0 Å². The van der Waals surface area contributed by atoms with Gasteiger partial charge in [0.25, 0.3) is 0 Å². The molecule has 0 aromatic carbocycles. The van der Waals surface area contributed by atoms with E-state index in [4.69, 9.17) is 0 Å². The van der Waals surface area contributed by atoms with Crippen LogP contribution in [0, 0.1) is 20.8 Å². The van der Waals surface area contributed by atoms with Crippen LogP contribution in [-0.2, 0) is 4.44 Å². The van der Waals surface area contributed by atoms with Crippen LogP contribution in [-0.4, -0.2) is 22.5 Å². The van der Waals surface area contributed by atoms with E-state index in [9.17, 15) is 0 Å². The van der Waals surface area contributed by atoms with Crippen LogP contribution in [0.5, 0.6) is 0 Å². The first-order valence-electron chi connectivity index (χ1n) is 3.37. The summed E-state index contributed by atoms with van der Waals surface area (Å²) in [5.41, 5.74) is 3.03. The Bertz CT molecular complexity index is 238. The molecule has 0 unspecified atom stereocenters. The first-order valence-corrected chi connectivity index (χ1v) is 6.20. The van der Waals surface area contributed by atoms with Gasteiger partial charge in [-0.3, -0.25) is 0 Å². The van der Waals surface area contributed by atoms with E-state index in [1.807, 2.05) is 11.3 Å². The van der Waals surface area contributed by atoms with E-state index in [-0.39, 0.29) is 0 Å². The van der Waals surface area contributed by atoms with Crippen LogP contribution in [0.2, 0.25) is 0 Å². The summed E-state index contributed by atoms with van der Waals surface area (Å²) in [4.78, 5) is 3.09. The molecule has 1 aromatic heterocycles. The Morgan fingerprint density at radius 2 is 1.80 bits per heavy atom. The molecule has 1 rings (SSSR count). The van der Waals surface area contributed by atoms with E-state index in [2.05, 4.69) is 20.8 Å². The average molecular weight is 258 g/mol. The Hall–Kier alpha value is 0.499. The molecular weight excluding hydrogens is 247 g/mol. The summed E-state index contributed by atoms with van der Waals surface area (Å²) in [6.45, 7) is 6.66. The third-order valence-electron chi connectivity index (χ3n) is 1.95. The molecule has 1 heterocycles. The van der Waals surface area contributed by atoms with Crippen LogP contribution in [0.1, 0.15) is 20.9 Å². The first kappa shape index (κ1) is 8.59. The normalized spacial score (nSPS) is 10.4. The molecule has 10 heavy (non-hydrogen) atoms.